The van der Waals surface area contributed by atoms with Crippen molar-refractivity contribution in [1.29, 1.82) is 0 Å². The first-order chi connectivity index (χ1) is 10.6. The van der Waals surface area contributed by atoms with Crippen molar-refractivity contribution in [3.05, 3.63) is 102 Å². The largest absolute Gasteiger partial charge is 0.508 e. The summed E-state index contributed by atoms with van der Waals surface area (Å²) < 4.78 is 0. The van der Waals surface area contributed by atoms with Gasteiger partial charge in [0.15, 0.2) is 0 Å². The molecular weight excluding hydrogens is 268 g/mol. The van der Waals surface area contributed by atoms with Crippen LogP contribution >= 0.6 is 0 Å². The van der Waals surface area contributed by atoms with Crippen LogP contribution in [0.5, 0.6) is 5.75 Å². The molecule has 0 aromatic heterocycles. The number of rotatable bonds is 0. The van der Waals surface area contributed by atoms with E-state index in [1.165, 1.54) is 11.1 Å². The van der Waals surface area contributed by atoms with Gasteiger partial charge in [-0.1, -0.05) is 90.0 Å². The predicted octanol–water partition coefficient (Wildman–Crippen LogP) is 5.69. The molecule has 3 aromatic carbocycles. The van der Waals surface area contributed by atoms with Gasteiger partial charge in [-0.05, 0) is 32.4 Å². The van der Waals surface area contributed by atoms with Crippen molar-refractivity contribution >= 4 is 0 Å². The van der Waals surface area contributed by atoms with Crippen molar-refractivity contribution in [2.75, 3.05) is 0 Å². The highest BCUT2D eigenvalue weighted by Gasteiger charge is 1.87. The smallest absolute Gasteiger partial charge is 0.118 e. The molecule has 0 spiro atoms. The molecule has 1 heteroatoms. The standard InChI is InChI=1S/C7H8O.2C7H8/c1-6-4-2-3-5-7(6)8;2*1-7-5-3-2-4-6-7/h2-5,8H,1H3;2*2-6H,1H3. The number of para-hydroxylation sites is 1. The van der Waals surface area contributed by atoms with Crippen LogP contribution in [0.3, 0.4) is 0 Å². The molecule has 0 atom stereocenters. The summed E-state index contributed by atoms with van der Waals surface area (Å²) >= 11 is 0. The summed E-state index contributed by atoms with van der Waals surface area (Å²) in [6.07, 6.45) is 0. The van der Waals surface area contributed by atoms with Gasteiger partial charge >= 0.3 is 0 Å². The van der Waals surface area contributed by atoms with Crippen LogP contribution in [0, 0.1) is 20.8 Å². The van der Waals surface area contributed by atoms with Gasteiger partial charge in [0.25, 0.3) is 0 Å². The molecule has 3 rings (SSSR count). The first-order valence-corrected chi connectivity index (χ1v) is 7.37. The van der Waals surface area contributed by atoms with Crippen molar-refractivity contribution in [2.45, 2.75) is 20.8 Å². The molecule has 1 N–H and O–H groups in total. The minimum atomic E-state index is 0.368. The lowest BCUT2D eigenvalue weighted by molar-refractivity contribution is 0.471. The molecule has 0 radical (unpaired) electrons. The highest BCUT2D eigenvalue weighted by atomic mass is 16.3. The summed E-state index contributed by atoms with van der Waals surface area (Å²) in [7, 11) is 0. The van der Waals surface area contributed by atoms with Crippen molar-refractivity contribution in [1.82, 2.24) is 0 Å². The van der Waals surface area contributed by atoms with Crippen LogP contribution in [0.4, 0.5) is 0 Å². The molecule has 0 aliphatic rings. The first-order valence-electron chi connectivity index (χ1n) is 7.37. The molecule has 0 saturated carbocycles. The third-order valence-electron chi connectivity index (χ3n) is 3.00. The lowest BCUT2D eigenvalue weighted by Crippen LogP contribution is -1.68. The van der Waals surface area contributed by atoms with Crippen molar-refractivity contribution in [3.8, 4) is 5.75 Å². The normalized spacial score (nSPS) is 8.86. The third-order valence-corrected chi connectivity index (χ3v) is 3.00. The monoisotopic (exact) mass is 292 g/mol. The highest BCUT2D eigenvalue weighted by Crippen LogP contribution is 2.12. The summed E-state index contributed by atoms with van der Waals surface area (Å²) in [4.78, 5) is 0. The summed E-state index contributed by atoms with van der Waals surface area (Å²) in [6.45, 7) is 6.04. The Hall–Kier alpha value is -2.54. The maximum absolute atomic E-state index is 8.92. The van der Waals surface area contributed by atoms with Crippen LogP contribution < -0.4 is 0 Å². The Kier molecular flexibility index (Phi) is 8.14. The van der Waals surface area contributed by atoms with E-state index in [-0.39, 0.29) is 0 Å². The van der Waals surface area contributed by atoms with Gasteiger partial charge in [0.1, 0.15) is 5.75 Å². The summed E-state index contributed by atoms with van der Waals surface area (Å²) in [5, 5.41) is 8.92. The number of hydrogen-bond donors (Lipinski definition) is 1. The lowest BCUT2D eigenvalue weighted by atomic mass is 10.2. The molecule has 1 nitrogen and oxygen atoms in total. The summed E-state index contributed by atoms with van der Waals surface area (Å²) in [5.41, 5.74) is 3.57. The Morgan fingerprint density at radius 1 is 0.500 bits per heavy atom. The van der Waals surface area contributed by atoms with E-state index in [0.717, 1.165) is 5.56 Å². The SMILES string of the molecule is Cc1ccccc1.Cc1ccccc1.Cc1ccccc1O. The number of benzene rings is 3. The van der Waals surface area contributed by atoms with Gasteiger partial charge in [0, 0.05) is 0 Å². The fraction of sp³-hybridized carbons (Fsp3) is 0.143. The zero-order valence-corrected chi connectivity index (χ0v) is 13.5. The predicted molar refractivity (Wildman–Crippen MR) is 95.2 cm³/mol. The van der Waals surface area contributed by atoms with Gasteiger partial charge in [0.05, 0.1) is 0 Å². The summed E-state index contributed by atoms with van der Waals surface area (Å²) in [6, 6.07) is 27.8. The van der Waals surface area contributed by atoms with E-state index in [4.69, 9.17) is 5.11 Å². The van der Waals surface area contributed by atoms with E-state index in [1.807, 2.05) is 61.5 Å². The third kappa shape index (κ3) is 7.91. The van der Waals surface area contributed by atoms with Gasteiger partial charge < -0.3 is 5.11 Å². The van der Waals surface area contributed by atoms with Crippen LogP contribution in [0.1, 0.15) is 16.7 Å². The second kappa shape index (κ2) is 10.2. The van der Waals surface area contributed by atoms with E-state index < -0.39 is 0 Å². The Balaban J connectivity index is 0.000000166. The fourth-order valence-corrected chi connectivity index (χ4v) is 1.63. The summed E-state index contributed by atoms with van der Waals surface area (Å²) in [5.74, 6) is 0.368. The molecule has 3 aromatic rings. The fourth-order valence-electron chi connectivity index (χ4n) is 1.63. The van der Waals surface area contributed by atoms with E-state index in [1.54, 1.807) is 6.07 Å². The van der Waals surface area contributed by atoms with Gasteiger partial charge in [0.2, 0.25) is 0 Å². The van der Waals surface area contributed by atoms with Gasteiger partial charge in [-0.2, -0.15) is 0 Å². The number of phenols is 1. The van der Waals surface area contributed by atoms with E-state index in [0.29, 0.717) is 5.75 Å². The van der Waals surface area contributed by atoms with Gasteiger partial charge in [-0.15, -0.1) is 0 Å². The van der Waals surface area contributed by atoms with Gasteiger partial charge in [-0.3, -0.25) is 0 Å². The molecular formula is C21H24O. The van der Waals surface area contributed by atoms with Gasteiger partial charge in [-0.25, -0.2) is 0 Å². The molecule has 114 valence electrons. The second-order valence-corrected chi connectivity index (χ2v) is 5.10. The maximum atomic E-state index is 8.92. The topological polar surface area (TPSA) is 20.2 Å². The van der Waals surface area contributed by atoms with Crippen molar-refractivity contribution in [3.63, 3.8) is 0 Å². The first kappa shape index (κ1) is 17.5. The molecule has 0 bridgehead atoms. The van der Waals surface area contributed by atoms with Crippen LogP contribution in [0.2, 0.25) is 0 Å². The van der Waals surface area contributed by atoms with Crippen LogP contribution in [-0.4, -0.2) is 5.11 Å². The average molecular weight is 292 g/mol. The van der Waals surface area contributed by atoms with E-state index in [2.05, 4.69) is 38.1 Å². The minimum Gasteiger partial charge on any atom is -0.508 e. The Labute approximate surface area is 133 Å². The van der Waals surface area contributed by atoms with Crippen LogP contribution in [0.25, 0.3) is 0 Å². The van der Waals surface area contributed by atoms with E-state index in [9.17, 15) is 0 Å². The molecule has 0 heterocycles. The maximum Gasteiger partial charge on any atom is 0.118 e. The quantitative estimate of drug-likeness (QED) is 0.564. The average Bonchev–Trinajstić information content (AvgIpc) is 2.53. The van der Waals surface area contributed by atoms with Crippen molar-refractivity contribution in [2.24, 2.45) is 0 Å². The zero-order valence-electron chi connectivity index (χ0n) is 13.5. The number of aryl methyl sites for hydroxylation is 3. The molecule has 0 aliphatic heterocycles. The van der Waals surface area contributed by atoms with Crippen molar-refractivity contribution < 1.29 is 5.11 Å². The number of hydrogen-bond acceptors (Lipinski definition) is 1. The second-order valence-electron chi connectivity index (χ2n) is 5.10. The van der Waals surface area contributed by atoms with E-state index >= 15 is 0 Å². The molecule has 0 amide bonds. The Morgan fingerprint density at radius 2 is 0.864 bits per heavy atom. The molecule has 0 unspecified atom stereocenters. The zero-order chi connectivity index (χ0) is 16.2. The Morgan fingerprint density at radius 3 is 1.09 bits per heavy atom. The number of phenolic OH excluding ortho intramolecular Hbond substituents is 1. The molecule has 0 saturated heterocycles. The van der Waals surface area contributed by atoms with Crippen LogP contribution in [0.15, 0.2) is 84.9 Å². The Bertz CT molecular complexity index is 572. The number of aromatic hydroxyl groups is 1. The molecule has 0 aliphatic carbocycles. The minimum absolute atomic E-state index is 0.368. The lowest BCUT2D eigenvalue weighted by Gasteiger charge is -1.92. The molecule has 22 heavy (non-hydrogen) atoms. The molecule has 0 fully saturated rings. The van der Waals surface area contributed by atoms with Crippen LogP contribution in [-0.2, 0) is 0 Å². The highest BCUT2D eigenvalue weighted by molar-refractivity contribution is 5.29.